The molecule has 0 aliphatic carbocycles. The molecule has 0 radical (unpaired) electrons. The van der Waals surface area contributed by atoms with Crippen LogP contribution in [0.2, 0.25) is 0 Å². The number of ether oxygens (including phenoxy) is 2. The van der Waals surface area contributed by atoms with Gasteiger partial charge in [0, 0.05) is 0 Å². The van der Waals surface area contributed by atoms with E-state index in [4.69, 9.17) is 9.47 Å². The molecule has 4 heteroatoms. The van der Waals surface area contributed by atoms with Crippen molar-refractivity contribution in [2.45, 2.75) is 39.5 Å². The summed E-state index contributed by atoms with van der Waals surface area (Å²) in [5, 5.41) is 0. The number of carbonyl (C=O) groups excluding carboxylic acids is 2. The number of hydrogen-bond donors (Lipinski definition) is 0. The summed E-state index contributed by atoms with van der Waals surface area (Å²) < 4.78 is 10.4. The monoisotopic (exact) mass is 330 g/mol. The molecular formula is C20H26O4. The number of carbonyl (C=O) groups is 2. The Morgan fingerprint density at radius 1 is 0.792 bits per heavy atom. The van der Waals surface area contributed by atoms with Crippen LogP contribution in [0.4, 0.5) is 0 Å². The lowest BCUT2D eigenvalue weighted by atomic mass is 10.1. The van der Waals surface area contributed by atoms with Crippen molar-refractivity contribution >= 4 is 11.9 Å². The molecular weight excluding hydrogens is 304 g/mol. The number of allylic oxidation sites excluding steroid dienone is 2. The van der Waals surface area contributed by atoms with Gasteiger partial charge in [-0.25, -0.2) is 9.59 Å². The molecule has 24 heavy (non-hydrogen) atoms. The molecule has 0 saturated heterocycles. The predicted octanol–water partition coefficient (Wildman–Crippen LogP) is 4.71. The second-order valence-corrected chi connectivity index (χ2v) is 5.15. The lowest BCUT2D eigenvalue weighted by Gasteiger charge is -2.09. The van der Waals surface area contributed by atoms with Crippen molar-refractivity contribution in [1.82, 2.24) is 0 Å². The Kier molecular flexibility index (Phi) is 9.93. The second kappa shape index (κ2) is 12.1. The molecule has 0 bridgehead atoms. The minimum Gasteiger partial charge on any atom is -0.462 e. The molecule has 0 heterocycles. The highest BCUT2D eigenvalue weighted by molar-refractivity contribution is 6.03. The minimum atomic E-state index is -0.502. The van der Waals surface area contributed by atoms with Crippen molar-refractivity contribution in [3.05, 3.63) is 59.7 Å². The molecule has 0 aromatic heterocycles. The van der Waals surface area contributed by atoms with Crippen molar-refractivity contribution in [1.29, 1.82) is 0 Å². The summed E-state index contributed by atoms with van der Waals surface area (Å²) in [7, 11) is 0. The lowest BCUT2D eigenvalue weighted by Crippen LogP contribution is -2.14. The van der Waals surface area contributed by atoms with E-state index in [1.165, 1.54) is 0 Å². The minimum absolute atomic E-state index is 0.242. The molecule has 130 valence electrons. The van der Waals surface area contributed by atoms with Gasteiger partial charge in [0.15, 0.2) is 0 Å². The van der Waals surface area contributed by atoms with Gasteiger partial charge in [-0.3, -0.25) is 0 Å². The zero-order chi connectivity index (χ0) is 17.6. The van der Waals surface area contributed by atoms with Gasteiger partial charge in [-0.05, 0) is 37.8 Å². The van der Waals surface area contributed by atoms with E-state index in [1.54, 1.807) is 24.3 Å². The second-order valence-electron chi connectivity index (χ2n) is 5.15. The van der Waals surface area contributed by atoms with Crippen molar-refractivity contribution in [3.8, 4) is 0 Å². The van der Waals surface area contributed by atoms with Crippen LogP contribution in [0.15, 0.2) is 48.6 Å². The van der Waals surface area contributed by atoms with Gasteiger partial charge in [0.1, 0.15) is 0 Å². The van der Waals surface area contributed by atoms with Gasteiger partial charge in [-0.15, -0.1) is 0 Å². The SMILES string of the molecule is CC/C=C/CCOC(=O)c1ccccc1C(=O)OCC/C=C/CC. The van der Waals surface area contributed by atoms with E-state index in [0.717, 1.165) is 12.8 Å². The molecule has 0 saturated carbocycles. The van der Waals surface area contributed by atoms with Gasteiger partial charge >= 0.3 is 11.9 Å². The maximum atomic E-state index is 12.2. The van der Waals surface area contributed by atoms with Gasteiger partial charge in [0.05, 0.1) is 24.3 Å². The largest absolute Gasteiger partial charge is 0.462 e. The van der Waals surface area contributed by atoms with E-state index in [2.05, 4.69) is 0 Å². The van der Waals surface area contributed by atoms with E-state index >= 15 is 0 Å². The average Bonchev–Trinajstić information content (AvgIpc) is 2.61. The first-order valence-corrected chi connectivity index (χ1v) is 8.44. The zero-order valence-electron chi connectivity index (χ0n) is 14.5. The van der Waals surface area contributed by atoms with E-state index in [0.29, 0.717) is 26.1 Å². The van der Waals surface area contributed by atoms with Crippen LogP contribution in [0.3, 0.4) is 0 Å². The fraction of sp³-hybridized carbons (Fsp3) is 0.400. The Balaban J connectivity index is 2.59. The predicted molar refractivity (Wildman–Crippen MR) is 95.1 cm³/mol. The fourth-order valence-electron chi connectivity index (χ4n) is 2.00. The molecule has 0 spiro atoms. The normalized spacial score (nSPS) is 11.1. The molecule has 0 amide bonds. The Morgan fingerprint density at radius 3 is 1.58 bits per heavy atom. The van der Waals surface area contributed by atoms with Crippen LogP contribution in [-0.2, 0) is 9.47 Å². The quantitative estimate of drug-likeness (QED) is 0.354. The summed E-state index contributed by atoms with van der Waals surface area (Å²) in [6, 6.07) is 6.57. The molecule has 0 atom stereocenters. The van der Waals surface area contributed by atoms with Crippen LogP contribution >= 0.6 is 0 Å². The first kappa shape index (κ1) is 19.7. The first-order chi connectivity index (χ1) is 11.7. The van der Waals surface area contributed by atoms with Crippen molar-refractivity contribution in [2.75, 3.05) is 13.2 Å². The molecule has 4 nitrogen and oxygen atoms in total. The Bertz CT molecular complexity index is 522. The summed E-state index contributed by atoms with van der Waals surface area (Å²) in [5.74, 6) is -1.00. The molecule has 0 fully saturated rings. The van der Waals surface area contributed by atoms with Crippen molar-refractivity contribution < 1.29 is 19.1 Å². The van der Waals surface area contributed by atoms with E-state index < -0.39 is 11.9 Å². The molecule has 1 rings (SSSR count). The van der Waals surface area contributed by atoms with Crippen molar-refractivity contribution in [2.24, 2.45) is 0 Å². The van der Waals surface area contributed by atoms with Crippen LogP contribution in [0.1, 0.15) is 60.2 Å². The highest BCUT2D eigenvalue weighted by Crippen LogP contribution is 2.12. The van der Waals surface area contributed by atoms with Crippen molar-refractivity contribution in [3.63, 3.8) is 0 Å². The third-order valence-corrected chi connectivity index (χ3v) is 3.21. The molecule has 0 aliphatic heterocycles. The van der Waals surface area contributed by atoms with Crippen LogP contribution in [0.5, 0.6) is 0 Å². The Labute approximate surface area is 144 Å². The first-order valence-electron chi connectivity index (χ1n) is 8.44. The number of benzene rings is 1. The fourth-order valence-corrected chi connectivity index (χ4v) is 2.00. The summed E-state index contributed by atoms with van der Waals surface area (Å²) in [4.78, 5) is 24.3. The smallest absolute Gasteiger partial charge is 0.339 e. The summed E-state index contributed by atoms with van der Waals surface area (Å²) in [6.07, 6.45) is 11.2. The summed E-state index contributed by atoms with van der Waals surface area (Å²) in [5.41, 5.74) is 0.483. The third kappa shape index (κ3) is 7.27. The van der Waals surface area contributed by atoms with E-state index in [1.807, 2.05) is 38.2 Å². The Morgan fingerprint density at radius 2 is 1.21 bits per heavy atom. The Hall–Kier alpha value is -2.36. The summed E-state index contributed by atoms with van der Waals surface area (Å²) in [6.45, 7) is 4.67. The van der Waals surface area contributed by atoms with E-state index in [9.17, 15) is 9.59 Å². The molecule has 1 aromatic carbocycles. The molecule has 1 aromatic rings. The third-order valence-electron chi connectivity index (χ3n) is 3.21. The van der Waals surface area contributed by atoms with Gasteiger partial charge in [0.25, 0.3) is 0 Å². The highest BCUT2D eigenvalue weighted by atomic mass is 16.5. The van der Waals surface area contributed by atoms with Gasteiger partial charge in [-0.2, -0.15) is 0 Å². The topological polar surface area (TPSA) is 52.6 Å². The standard InChI is InChI=1S/C20H26O4/c1-3-5-7-11-15-23-19(21)17-13-9-10-14-18(17)20(22)24-16-12-8-6-4-2/h5-10,13-14H,3-4,11-12,15-16H2,1-2H3/b7-5+,8-6+. The summed E-state index contributed by atoms with van der Waals surface area (Å²) >= 11 is 0. The van der Waals surface area contributed by atoms with Gasteiger partial charge in [-0.1, -0.05) is 50.3 Å². The molecule has 0 unspecified atom stereocenters. The zero-order valence-corrected chi connectivity index (χ0v) is 14.5. The number of esters is 2. The molecule has 0 aliphatic rings. The van der Waals surface area contributed by atoms with Crippen LogP contribution in [-0.4, -0.2) is 25.2 Å². The van der Waals surface area contributed by atoms with Crippen LogP contribution < -0.4 is 0 Å². The maximum absolute atomic E-state index is 12.2. The van der Waals surface area contributed by atoms with Gasteiger partial charge in [0.2, 0.25) is 0 Å². The van der Waals surface area contributed by atoms with E-state index in [-0.39, 0.29) is 11.1 Å². The molecule has 0 N–H and O–H groups in total. The lowest BCUT2D eigenvalue weighted by molar-refractivity contribution is 0.0464. The number of rotatable bonds is 10. The maximum Gasteiger partial charge on any atom is 0.339 e. The number of hydrogen-bond acceptors (Lipinski definition) is 4. The highest BCUT2D eigenvalue weighted by Gasteiger charge is 2.18. The van der Waals surface area contributed by atoms with Gasteiger partial charge < -0.3 is 9.47 Å². The van der Waals surface area contributed by atoms with Crippen LogP contribution in [0.25, 0.3) is 0 Å². The average molecular weight is 330 g/mol. The van der Waals surface area contributed by atoms with Crippen LogP contribution in [0, 0.1) is 0 Å².